The number of carbonyl (C=O) groups is 2. The van der Waals surface area contributed by atoms with Gasteiger partial charge in [0, 0.05) is 67.1 Å². The van der Waals surface area contributed by atoms with Crippen molar-refractivity contribution in [3.05, 3.63) is 42.0 Å². The van der Waals surface area contributed by atoms with Gasteiger partial charge in [0.05, 0.1) is 11.9 Å². The van der Waals surface area contributed by atoms with Crippen molar-refractivity contribution in [3.8, 4) is 23.5 Å². The van der Waals surface area contributed by atoms with Gasteiger partial charge in [-0.05, 0) is 55.0 Å². The zero-order chi connectivity index (χ0) is 24.4. The highest BCUT2D eigenvalue weighted by molar-refractivity contribution is 5.96. The quantitative estimate of drug-likeness (QED) is 0.393. The zero-order valence-electron chi connectivity index (χ0n) is 19.3. The number of fused-ring (bicyclic) bond motifs is 1. The summed E-state index contributed by atoms with van der Waals surface area (Å²) >= 11 is 0. The summed E-state index contributed by atoms with van der Waals surface area (Å²) in [7, 11) is 0. The van der Waals surface area contributed by atoms with Gasteiger partial charge < -0.3 is 20.2 Å². The highest BCUT2D eigenvalue weighted by atomic mass is 16.2. The molecule has 2 amide bonds. The van der Waals surface area contributed by atoms with Crippen molar-refractivity contribution in [2.24, 2.45) is 5.92 Å². The van der Waals surface area contributed by atoms with Crippen molar-refractivity contribution < 1.29 is 9.59 Å². The number of aromatic amines is 2. The lowest BCUT2D eigenvalue weighted by Gasteiger charge is -2.32. The Morgan fingerprint density at radius 1 is 1.17 bits per heavy atom. The van der Waals surface area contributed by atoms with Crippen LogP contribution in [-0.4, -0.2) is 74.2 Å². The Kier molecular flexibility index (Phi) is 6.19. The smallest absolute Gasteiger partial charge is 0.298 e. The van der Waals surface area contributed by atoms with Crippen molar-refractivity contribution in [3.63, 3.8) is 0 Å². The van der Waals surface area contributed by atoms with E-state index in [0.717, 1.165) is 46.5 Å². The van der Waals surface area contributed by atoms with Crippen LogP contribution in [0, 0.1) is 23.7 Å². The van der Waals surface area contributed by atoms with Crippen LogP contribution in [0.1, 0.15) is 36.6 Å². The van der Waals surface area contributed by atoms with Crippen LogP contribution in [0.3, 0.4) is 0 Å². The van der Waals surface area contributed by atoms with E-state index < -0.39 is 0 Å². The predicted molar refractivity (Wildman–Crippen MR) is 134 cm³/mol. The van der Waals surface area contributed by atoms with E-state index in [2.05, 4.69) is 32.2 Å². The first kappa shape index (κ1) is 22.6. The molecule has 9 nitrogen and oxygen atoms in total. The molecule has 0 aromatic carbocycles. The molecule has 0 spiro atoms. The maximum absolute atomic E-state index is 13.2. The van der Waals surface area contributed by atoms with E-state index in [1.54, 1.807) is 23.4 Å². The third kappa shape index (κ3) is 4.35. The first-order valence-corrected chi connectivity index (χ1v) is 11.8. The van der Waals surface area contributed by atoms with Crippen molar-refractivity contribution >= 4 is 35.1 Å². The fourth-order valence-corrected chi connectivity index (χ4v) is 5.18. The number of aromatic nitrogens is 4. The summed E-state index contributed by atoms with van der Waals surface area (Å²) in [5, 5.41) is 15.4. The summed E-state index contributed by atoms with van der Waals surface area (Å²) in [5.41, 5.74) is 4.66. The first-order chi connectivity index (χ1) is 17.1. The standard InChI is InChI=1S/C26H27N7O2/c1-2-24(34)32-11-6-17(7-12-32)26(35)33-13-8-18(16-33)23-14-20-19(5-10-28-25(20)30-23)21-15-29-31-22(21)4-3-9-27/h1,3-5,9-10,14-15,17-18,27H,6-8,11-13,16H2,(H,28,30)(H,29,31)/b4-3-,27-9?. The fourth-order valence-electron chi connectivity index (χ4n) is 5.18. The van der Waals surface area contributed by atoms with Gasteiger partial charge in [-0.25, -0.2) is 4.98 Å². The molecule has 5 rings (SSSR count). The van der Waals surface area contributed by atoms with Crippen LogP contribution in [0.2, 0.25) is 0 Å². The summed E-state index contributed by atoms with van der Waals surface area (Å²) < 4.78 is 0. The van der Waals surface area contributed by atoms with Crippen LogP contribution in [0.4, 0.5) is 0 Å². The Labute approximate surface area is 203 Å². The molecule has 0 radical (unpaired) electrons. The zero-order valence-corrected chi connectivity index (χ0v) is 19.3. The number of piperidine rings is 1. The van der Waals surface area contributed by atoms with Gasteiger partial charge in [0.15, 0.2) is 0 Å². The summed E-state index contributed by atoms with van der Waals surface area (Å²) in [6.45, 7) is 2.48. The monoisotopic (exact) mass is 469 g/mol. The number of hydrogen-bond donors (Lipinski definition) is 3. The first-order valence-electron chi connectivity index (χ1n) is 11.8. The van der Waals surface area contributed by atoms with Gasteiger partial charge >= 0.3 is 0 Å². The molecule has 5 heterocycles. The molecule has 0 saturated carbocycles. The maximum atomic E-state index is 13.2. The Bertz CT molecular complexity index is 1340. The number of rotatable bonds is 5. The minimum Gasteiger partial charge on any atom is -0.343 e. The van der Waals surface area contributed by atoms with Gasteiger partial charge in [0.25, 0.3) is 5.91 Å². The second kappa shape index (κ2) is 9.58. The number of likely N-dealkylation sites (tertiary alicyclic amines) is 2. The molecule has 3 aromatic rings. The van der Waals surface area contributed by atoms with Gasteiger partial charge in [0.1, 0.15) is 5.65 Å². The van der Waals surface area contributed by atoms with Crippen molar-refractivity contribution in [2.75, 3.05) is 26.2 Å². The Morgan fingerprint density at radius 2 is 1.97 bits per heavy atom. The van der Waals surface area contributed by atoms with E-state index in [1.165, 1.54) is 6.21 Å². The number of nitrogens with one attached hydrogen (secondary N) is 3. The molecule has 2 saturated heterocycles. The largest absolute Gasteiger partial charge is 0.343 e. The molecule has 35 heavy (non-hydrogen) atoms. The molecule has 3 N–H and O–H groups in total. The molecule has 3 aromatic heterocycles. The average Bonchev–Trinajstić information content (AvgIpc) is 3.65. The molecule has 1 atom stereocenters. The predicted octanol–water partition coefficient (Wildman–Crippen LogP) is 2.80. The van der Waals surface area contributed by atoms with Crippen LogP contribution in [-0.2, 0) is 9.59 Å². The average molecular weight is 470 g/mol. The van der Waals surface area contributed by atoms with Crippen LogP contribution < -0.4 is 0 Å². The molecule has 1 unspecified atom stereocenters. The molecule has 2 fully saturated rings. The van der Waals surface area contributed by atoms with Crippen molar-refractivity contribution in [1.29, 1.82) is 5.41 Å². The number of H-pyrrole nitrogens is 2. The molecule has 2 aliphatic heterocycles. The molecule has 0 bridgehead atoms. The van der Waals surface area contributed by atoms with Gasteiger partial charge in [-0.1, -0.05) is 0 Å². The summed E-state index contributed by atoms with van der Waals surface area (Å²) in [5.74, 6) is 2.20. The lowest BCUT2D eigenvalue weighted by Crippen LogP contribution is -2.43. The number of nitrogens with zero attached hydrogens (tertiary/aromatic N) is 4. The second-order valence-electron chi connectivity index (χ2n) is 9.05. The van der Waals surface area contributed by atoms with Crippen LogP contribution in [0.5, 0.6) is 0 Å². The number of hydrogen-bond acceptors (Lipinski definition) is 5. The lowest BCUT2D eigenvalue weighted by atomic mass is 9.95. The van der Waals surface area contributed by atoms with Crippen LogP contribution in [0.25, 0.3) is 28.2 Å². The van der Waals surface area contributed by atoms with Crippen LogP contribution >= 0.6 is 0 Å². The highest BCUT2D eigenvalue weighted by Crippen LogP contribution is 2.35. The summed E-state index contributed by atoms with van der Waals surface area (Å²) in [4.78, 5) is 36.5. The third-order valence-electron chi connectivity index (χ3n) is 7.07. The lowest BCUT2D eigenvalue weighted by molar-refractivity contribution is -0.138. The molecule has 178 valence electrons. The fraction of sp³-hybridized carbons (Fsp3) is 0.346. The molecular weight excluding hydrogens is 442 g/mol. The molecule has 0 aliphatic carbocycles. The number of amides is 2. The second-order valence-corrected chi connectivity index (χ2v) is 9.05. The Hall–Kier alpha value is -4.19. The summed E-state index contributed by atoms with van der Waals surface area (Å²) in [6.07, 6.45) is 15.7. The highest BCUT2D eigenvalue weighted by Gasteiger charge is 2.34. The van der Waals surface area contributed by atoms with Gasteiger partial charge in [-0.3, -0.25) is 14.7 Å². The number of terminal acetylenes is 1. The topological polar surface area (TPSA) is 122 Å². The Balaban J connectivity index is 1.31. The number of pyridine rings is 1. The normalized spacial score (nSPS) is 18.9. The number of carbonyl (C=O) groups excluding carboxylic acids is 2. The van der Waals surface area contributed by atoms with E-state index in [9.17, 15) is 9.59 Å². The maximum Gasteiger partial charge on any atom is 0.298 e. The minimum absolute atomic E-state index is 0.0555. The van der Waals surface area contributed by atoms with E-state index in [4.69, 9.17) is 11.8 Å². The third-order valence-corrected chi connectivity index (χ3v) is 7.07. The van der Waals surface area contributed by atoms with E-state index in [0.29, 0.717) is 32.5 Å². The molecule has 9 heteroatoms. The van der Waals surface area contributed by atoms with Crippen molar-refractivity contribution in [1.82, 2.24) is 30.0 Å². The van der Waals surface area contributed by atoms with E-state index >= 15 is 0 Å². The van der Waals surface area contributed by atoms with Gasteiger partial charge in [-0.15, -0.1) is 6.42 Å². The van der Waals surface area contributed by atoms with E-state index in [-0.39, 0.29) is 23.7 Å². The van der Waals surface area contributed by atoms with Crippen LogP contribution in [0.15, 0.2) is 30.6 Å². The van der Waals surface area contributed by atoms with Gasteiger partial charge in [-0.2, -0.15) is 5.10 Å². The van der Waals surface area contributed by atoms with Gasteiger partial charge in [0.2, 0.25) is 5.91 Å². The molecule has 2 aliphatic rings. The Morgan fingerprint density at radius 3 is 2.74 bits per heavy atom. The number of allylic oxidation sites excluding steroid dienone is 1. The van der Waals surface area contributed by atoms with E-state index in [1.807, 2.05) is 17.0 Å². The molecular formula is C26H27N7O2. The minimum atomic E-state index is -0.294. The summed E-state index contributed by atoms with van der Waals surface area (Å²) in [6, 6.07) is 4.10. The SMILES string of the molecule is C#CC(=O)N1CCC(C(=O)N2CCC(c3cc4c(-c5cn[nH]c5/C=C\C=N)ccnc4[nH]3)C2)CC1. The van der Waals surface area contributed by atoms with Crippen molar-refractivity contribution in [2.45, 2.75) is 25.2 Å².